The van der Waals surface area contributed by atoms with Crippen LogP contribution in [0.5, 0.6) is 0 Å². The Bertz CT molecular complexity index is 766. The van der Waals surface area contributed by atoms with E-state index in [-0.39, 0.29) is 28.9 Å². The van der Waals surface area contributed by atoms with E-state index in [2.05, 4.69) is 46.0 Å². The number of benzene rings is 1. The quantitative estimate of drug-likeness (QED) is 0.371. The van der Waals surface area contributed by atoms with Gasteiger partial charge in [-0.3, -0.25) is 0 Å². The highest BCUT2D eigenvalue weighted by molar-refractivity contribution is 7.91. The summed E-state index contributed by atoms with van der Waals surface area (Å²) in [6.07, 6.45) is 6.84. The van der Waals surface area contributed by atoms with Gasteiger partial charge < -0.3 is 9.16 Å². The average Bonchev–Trinajstić information content (AvgIpc) is 2.61. The van der Waals surface area contributed by atoms with Gasteiger partial charge in [-0.2, -0.15) is 0 Å². The fourth-order valence-corrected chi connectivity index (χ4v) is 6.02. The van der Waals surface area contributed by atoms with Gasteiger partial charge in [0.25, 0.3) is 0 Å². The lowest BCUT2D eigenvalue weighted by atomic mass is 10.0. The van der Waals surface area contributed by atoms with Crippen molar-refractivity contribution in [3.8, 4) is 0 Å². The Kier molecular flexibility index (Phi) is 8.30. The zero-order valence-electron chi connectivity index (χ0n) is 18.9. The number of hydrogen-bond donors (Lipinski definition) is 0. The van der Waals surface area contributed by atoms with Crippen LogP contribution in [0.15, 0.2) is 47.4 Å². The lowest BCUT2D eigenvalue weighted by molar-refractivity contribution is -0.0135. The molecule has 0 saturated carbocycles. The molecule has 0 N–H and O–H groups in total. The van der Waals surface area contributed by atoms with E-state index >= 15 is 0 Å². The van der Waals surface area contributed by atoms with E-state index in [1.165, 1.54) is 0 Å². The molecule has 1 aliphatic rings. The van der Waals surface area contributed by atoms with E-state index in [1.54, 1.807) is 24.3 Å². The van der Waals surface area contributed by atoms with Crippen molar-refractivity contribution in [1.82, 2.24) is 0 Å². The second kappa shape index (κ2) is 9.90. The van der Waals surface area contributed by atoms with Crippen LogP contribution < -0.4 is 0 Å². The molecular formula is C23H38O4SSi. The normalized spacial score (nSPS) is 21.9. The van der Waals surface area contributed by atoms with E-state index in [4.69, 9.17) is 9.16 Å². The molecule has 0 saturated heterocycles. The minimum absolute atomic E-state index is 0.0424. The Hall–Kier alpha value is -0.953. The molecule has 2 rings (SSSR count). The van der Waals surface area contributed by atoms with Crippen molar-refractivity contribution in [2.24, 2.45) is 5.92 Å². The van der Waals surface area contributed by atoms with Crippen LogP contribution in [-0.2, 0) is 19.0 Å². The van der Waals surface area contributed by atoms with Crippen molar-refractivity contribution in [2.45, 2.75) is 82.2 Å². The minimum atomic E-state index is -3.26. The van der Waals surface area contributed by atoms with Gasteiger partial charge in [0, 0.05) is 6.61 Å². The van der Waals surface area contributed by atoms with Gasteiger partial charge in [-0.25, -0.2) is 8.42 Å². The molecule has 0 aliphatic carbocycles. The van der Waals surface area contributed by atoms with Gasteiger partial charge in [0.05, 0.1) is 22.9 Å². The van der Waals surface area contributed by atoms with Crippen molar-refractivity contribution in [3.63, 3.8) is 0 Å². The fourth-order valence-electron chi connectivity index (χ4n) is 3.31. The van der Waals surface area contributed by atoms with Crippen LogP contribution in [0.2, 0.25) is 18.1 Å². The highest BCUT2D eigenvalue weighted by Crippen LogP contribution is 2.36. The third-order valence-corrected chi connectivity index (χ3v) is 12.6. The summed E-state index contributed by atoms with van der Waals surface area (Å²) in [4.78, 5) is 0.400. The van der Waals surface area contributed by atoms with E-state index in [9.17, 15) is 8.42 Å². The first-order valence-electron chi connectivity index (χ1n) is 10.6. The van der Waals surface area contributed by atoms with Crippen LogP contribution in [0.3, 0.4) is 0 Å². The summed E-state index contributed by atoms with van der Waals surface area (Å²) in [7, 11) is -5.00. The third-order valence-electron chi connectivity index (χ3n) is 6.06. The average molecular weight is 439 g/mol. The van der Waals surface area contributed by atoms with Crippen molar-refractivity contribution >= 4 is 18.2 Å². The maximum atomic E-state index is 12.6. The summed E-state index contributed by atoms with van der Waals surface area (Å²) in [5, 5.41) is 0.207. The first kappa shape index (κ1) is 24.3. The predicted octanol–water partition coefficient (Wildman–Crippen LogP) is 5.61. The summed E-state index contributed by atoms with van der Waals surface area (Å²) in [6.45, 7) is 14.0. The Morgan fingerprint density at radius 1 is 1.21 bits per heavy atom. The predicted molar refractivity (Wildman–Crippen MR) is 122 cm³/mol. The Labute approximate surface area is 178 Å². The smallest absolute Gasteiger partial charge is 0.191 e. The third kappa shape index (κ3) is 7.35. The van der Waals surface area contributed by atoms with E-state index < -0.39 is 18.2 Å². The van der Waals surface area contributed by atoms with Crippen molar-refractivity contribution in [1.29, 1.82) is 0 Å². The molecule has 1 aromatic carbocycles. The number of ether oxygens (including phenoxy) is 1. The van der Waals surface area contributed by atoms with Crippen molar-refractivity contribution in [3.05, 3.63) is 42.5 Å². The molecule has 1 aliphatic heterocycles. The number of rotatable bonds is 9. The second-order valence-corrected chi connectivity index (χ2v) is 16.6. The molecule has 0 fully saturated rings. The maximum absolute atomic E-state index is 12.6. The first-order chi connectivity index (χ1) is 13.4. The Balaban J connectivity index is 1.82. The molecule has 0 amide bonds. The van der Waals surface area contributed by atoms with E-state index in [0.29, 0.717) is 11.5 Å². The highest BCUT2D eigenvalue weighted by atomic mass is 32.2. The van der Waals surface area contributed by atoms with Crippen molar-refractivity contribution in [2.75, 3.05) is 12.4 Å². The molecule has 4 nitrogen and oxygen atoms in total. The van der Waals surface area contributed by atoms with Gasteiger partial charge in [0.2, 0.25) is 0 Å². The van der Waals surface area contributed by atoms with Crippen LogP contribution in [0, 0.1) is 5.92 Å². The zero-order valence-corrected chi connectivity index (χ0v) is 20.7. The number of sulfone groups is 1. The summed E-state index contributed by atoms with van der Waals surface area (Å²) >= 11 is 0. The van der Waals surface area contributed by atoms with Gasteiger partial charge in [-0.1, -0.05) is 58.0 Å². The lowest BCUT2D eigenvalue weighted by Gasteiger charge is -2.36. The topological polar surface area (TPSA) is 52.6 Å². The second-order valence-electron chi connectivity index (χ2n) is 9.79. The van der Waals surface area contributed by atoms with Crippen LogP contribution in [0.25, 0.3) is 0 Å². The molecule has 1 aromatic rings. The molecule has 3 atom stereocenters. The van der Waals surface area contributed by atoms with Crippen LogP contribution in [0.1, 0.15) is 47.0 Å². The minimum Gasteiger partial charge on any atom is -0.417 e. The summed E-state index contributed by atoms with van der Waals surface area (Å²) in [6, 6.07) is 8.70. The molecule has 0 bridgehead atoms. The van der Waals surface area contributed by atoms with Gasteiger partial charge in [-0.15, -0.1) is 0 Å². The SMILES string of the molecule is C[C@H](C[C@@H]1CC=C[C@@H](CCO[Si](C)(C)C(C)(C)C)O1)CS(=O)(=O)c1ccccc1. The van der Waals surface area contributed by atoms with Gasteiger partial charge >= 0.3 is 0 Å². The summed E-state index contributed by atoms with van der Waals surface area (Å²) in [5.41, 5.74) is 0. The molecule has 29 heavy (non-hydrogen) atoms. The first-order valence-corrected chi connectivity index (χ1v) is 15.2. The molecule has 6 heteroatoms. The van der Waals surface area contributed by atoms with Crippen LogP contribution in [-0.4, -0.2) is 41.3 Å². The monoisotopic (exact) mass is 438 g/mol. The Morgan fingerprint density at radius 2 is 1.86 bits per heavy atom. The molecule has 0 spiro atoms. The lowest BCUT2D eigenvalue weighted by Crippen LogP contribution is -2.41. The largest absolute Gasteiger partial charge is 0.417 e. The van der Waals surface area contributed by atoms with Crippen LogP contribution >= 0.6 is 0 Å². The molecule has 1 heterocycles. The van der Waals surface area contributed by atoms with E-state index in [0.717, 1.165) is 19.3 Å². The maximum Gasteiger partial charge on any atom is 0.191 e. The number of hydrogen-bond acceptors (Lipinski definition) is 4. The standard InChI is InChI=1S/C23H38O4SSi/c1-19(18-28(24,25)22-13-8-7-9-14-22)17-21-12-10-11-20(27-21)15-16-26-29(5,6)23(2,3)4/h7-11,13-14,19-21H,12,15-18H2,1-6H3/t19-,20+,21+/m1/s1. The van der Waals surface area contributed by atoms with Gasteiger partial charge in [0.1, 0.15) is 0 Å². The molecular weight excluding hydrogens is 400 g/mol. The summed E-state index contributed by atoms with van der Waals surface area (Å²) < 4.78 is 37.7. The summed E-state index contributed by atoms with van der Waals surface area (Å²) in [5.74, 6) is 0.195. The molecule has 0 unspecified atom stereocenters. The fraction of sp³-hybridized carbons (Fsp3) is 0.652. The molecule has 0 aromatic heterocycles. The van der Waals surface area contributed by atoms with Gasteiger partial charge in [0.15, 0.2) is 18.2 Å². The molecule has 164 valence electrons. The molecule has 0 radical (unpaired) electrons. The Morgan fingerprint density at radius 3 is 2.48 bits per heavy atom. The van der Waals surface area contributed by atoms with E-state index in [1.807, 2.05) is 13.0 Å². The van der Waals surface area contributed by atoms with Gasteiger partial charge in [-0.05, 0) is 55.4 Å². The van der Waals surface area contributed by atoms with Crippen LogP contribution in [0.4, 0.5) is 0 Å². The zero-order chi connectivity index (χ0) is 21.7. The highest BCUT2D eigenvalue weighted by Gasteiger charge is 2.37. The van der Waals surface area contributed by atoms with Crippen molar-refractivity contribution < 1.29 is 17.6 Å².